The van der Waals surface area contributed by atoms with E-state index in [4.69, 9.17) is 79.1 Å². The summed E-state index contributed by atoms with van der Waals surface area (Å²) in [5.74, 6) is -0.0160. The number of thiocarbonyl (C=S) groups is 1. The normalized spacial score (nSPS) is 9.28. The Hall–Kier alpha value is 0.870. The van der Waals surface area contributed by atoms with E-state index in [0.717, 1.165) is 0 Å². The Morgan fingerprint density at radius 2 is 1.28 bits per heavy atom. The lowest BCUT2D eigenvalue weighted by Gasteiger charge is -2.11. The first-order valence-corrected chi connectivity index (χ1v) is 6.93. The molecule has 0 N–H and O–H groups in total. The maximum Gasteiger partial charge on any atom is 0.261 e. The van der Waals surface area contributed by atoms with Crippen LogP contribution in [-0.4, -0.2) is 10.1 Å². The van der Waals surface area contributed by atoms with Gasteiger partial charge in [-0.3, -0.25) is 4.79 Å². The average molecular weight is 407 g/mol. The van der Waals surface area contributed by atoms with E-state index in [9.17, 15) is 0 Å². The smallest absolute Gasteiger partial charge is 0.261 e. The van der Waals surface area contributed by atoms with E-state index in [1.54, 1.807) is 0 Å². The Balaban J connectivity index is 0.000000873. The van der Waals surface area contributed by atoms with E-state index in [-0.39, 0.29) is 35.4 Å². The van der Waals surface area contributed by atoms with Crippen LogP contribution in [0.2, 0.25) is 25.1 Å². The van der Waals surface area contributed by atoms with Crippen molar-refractivity contribution in [2.75, 3.05) is 0 Å². The SMILES string of the molecule is O=CS.S=C(Cl)Oc1c(Cl)c(Cl)c(Cl)c(Cl)c1Cl. The van der Waals surface area contributed by atoms with Crippen LogP contribution in [0, 0.1) is 0 Å². The molecule has 100 valence electrons. The monoisotopic (exact) mass is 404 g/mol. The zero-order chi connectivity index (χ0) is 14.5. The first-order chi connectivity index (χ1) is 8.27. The Morgan fingerprint density at radius 1 is 1.00 bits per heavy atom. The van der Waals surface area contributed by atoms with Gasteiger partial charge >= 0.3 is 0 Å². The maximum absolute atomic E-state index is 8.67. The number of carbonyl (C=O) groups is 1. The Morgan fingerprint density at radius 3 is 1.56 bits per heavy atom. The number of rotatable bonds is 1. The molecule has 1 rings (SSSR count). The molecule has 0 radical (unpaired) electrons. The second-order valence-electron chi connectivity index (χ2n) is 2.34. The molecule has 0 bridgehead atoms. The maximum atomic E-state index is 8.67. The molecule has 0 aliphatic rings. The molecular formula is C8H2Cl6O2S2. The number of hydrogen-bond acceptors (Lipinski definition) is 3. The highest BCUT2D eigenvalue weighted by molar-refractivity contribution is 7.94. The fraction of sp³-hybridized carbons (Fsp3) is 0. The van der Waals surface area contributed by atoms with E-state index in [2.05, 4.69) is 24.8 Å². The molecule has 1 aromatic rings. The molecule has 0 heterocycles. The number of thiol groups is 1. The van der Waals surface area contributed by atoms with E-state index in [0.29, 0.717) is 5.62 Å². The van der Waals surface area contributed by atoms with Gasteiger partial charge in [-0.2, -0.15) is 0 Å². The van der Waals surface area contributed by atoms with Crippen molar-refractivity contribution >= 4 is 105 Å². The molecule has 0 aliphatic carbocycles. The molecule has 2 nitrogen and oxygen atoms in total. The first-order valence-electron chi connectivity index (χ1n) is 3.74. The van der Waals surface area contributed by atoms with Crippen LogP contribution in [0.25, 0.3) is 0 Å². The zero-order valence-electron chi connectivity index (χ0n) is 8.02. The van der Waals surface area contributed by atoms with Gasteiger partial charge in [-0.05, 0) is 23.8 Å². The van der Waals surface area contributed by atoms with Gasteiger partial charge in [0.05, 0.1) is 15.1 Å². The van der Waals surface area contributed by atoms with E-state index < -0.39 is 0 Å². The van der Waals surface area contributed by atoms with Crippen LogP contribution in [0.4, 0.5) is 0 Å². The van der Waals surface area contributed by atoms with Gasteiger partial charge in [0.1, 0.15) is 10.0 Å². The van der Waals surface area contributed by atoms with E-state index in [1.807, 2.05) is 0 Å². The minimum Gasteiger partial charge on any atom is -0.432 e. The van der Waals surface area contributed by atoms with E-state index in [1.165, 1.54) is 0 Å². The third-order valence-corrected chi connectivity index (χ3v) is 3.75. The minimum absolute atomic E-state index is 0.000864. The molecule has 0 atom stereocenters. The molecule has 10 heteroatoms. The minimum atomic E-state index is -0.284. The number of benzene rings is 1. The Kier molecular flexibility index (Phi) is 9.36. The van der Waals surface area contributed by atoms with Crippen LogP contribution in [0.5, 0.6) is 5.75 Å². The molecule has 0 spiro atoms. The van der Waals surface area contributed by atoms with Crippen molar-refractivity contribution in [3.8, 4) is 5.75 Å². The van der Waals surface area contributed by atoms with Gasteiger partial charge in [0.2, 0.25) is 0 Å². The van der Waals surface area contributed by atoms with Crippen LogP contribution in [0.1, 0.15) is 0 Å². The van der Waals surface area contributed by atoms with Gasteiger partial charge in [-0.1, -0.05) is 58.0 Å². The van der Waals surface area contributed by atoms with Crippen LogP contribution in [0.3, 0.4) is 0 Å². The van der Waals surface area contributed by atoms with Crippen molar-refractivity contribution in [3.63, 3.8) is 0 Å². The summed E-state index contributed by atoms with van der Waals surface area (Å²) in [5.41, 5.74) is 0.444. The standard InChI is InChI=1S/C7Cl6OS.CH2OS/c8-1-2(9)4(11)6(14-7(13)15)5(12)3(1)10;2-1-3/h;1H,(H,2,3). The summed E-state index contributed by atoms with van der Waals surface area (Å²) >= 11 is 41.9. The summed E-state index contributed by atoms with van der Waals surface area (Å²) < 4.78 is 4.61. The summed E-state index contributed by atoms with van der Waals surface area (Å²) in [6.45, 7) is 0. The molecule has 0 aromatic heterocycles. The summed E-state index contributed by atoms with van der Waals surface area (Å²) in [4.78, 5) is 8.67. The number of ether oxygens (including phenoxy) is 1. The zero-order valence-corrected chi connectivity index (χ0v) is 14.3. The lowest BCUT2D eigenvalue weighted by Crippen LogP contribution is -1.98. The number of halogens is 6. The molecule has 18 heavy (non-hydrogen) atoms. The van der Waals surface area contributed by atoms with Gasteiger partial charge in [0.15, 0.2) is 11.4 Å². The lowest BCUT2D eigenvalue weighted by atomic mass is 10.3. The molecule has 1 aromatic carbocycles. The highest BCUT2D eigenvalue weighted by atomic mass is 35.5. The third-order valence-electron chi connectivity index (χ3n) is 1.35. The van der Waals surface area contributed by atoms with Crippen LogP contribution < -0.4 is 4.74 Å². The molecule has 0 amide bonds. The highest BCUT2D eigenvalue weighted by Gasteiger charge is 2.21. The van der Waals surface area contributed by atoms with Crippen molar-refractivity contribution in [2.45, 2.75) is 0 Å². The predicted octanol–water partition coefficient (Wildman–Crippen LogP) is 5.96. The summed E-state index contributed by atoms with van der Waals surface area (Å²) in [6, 6.07) is 0. The van der Waals surface area contributed by atoms with Crippen LogP contribution in [0.15, 0.2) is 0 Å². The molecule has 0 unspecified atom stereocenters. The molecule has 0 aliphatic heterocycles. The second-order valence-corrected chi connectivity index (χ2v) is 5.38. The number of carbonyl (C=O) groups excluding carboxylic acids is 1. The van der Waals surface area contributed by atoms with Gasteiger partial charge < -0.3 is 4.74 Å². The summed E-state index contributed by atoms with van der Waals surface area (Å²) in [5, 5.41) is 0.0885. The number of hydrogen-bond donors (Lipinski definition) is 1. The molecule has 0 saturated carbocycles. The first kappa shape index (κ1) is 18.9. The van der Waals surface area contributed by atoms with E-state index >= 15 is 0 Å². The van der Waals surface area contributed by atoms with Crippen LogP contribution >= 0.6 is 94.5 Å². The average Bonchev–Trinajstić information content (AvgIpc) is 2.30. The predicted molar refractivity (Wildman–Crippen MR) is 86.3 cm³/mol. The van der Waals surface area contributed by atoms with Crippen LogP contribution in [-0.2, 0) is 4.79 Å². The van der Waals surface area contributed by atoms with Gasteiger partial charge in [-0.25, -0.2) is 0 Å². The van der Waals surface area contributed by atoms with Crippen molar-refractivity contribution in [3.05, 3.63) is 25.1 Å². The Bertz CT molecular complexity index is 450. The van der Waals surface area contributed by atoms with Crippen molar-refractivity contribution in [1.82, 2.24) is 0 Å². The lowest BCUT2D eigenvalue weighted by molar-refractivity contribution is 0.570. The van der Waals surface area contributed by atoms with Crippen molar-refractivity contribution < 1.29 is 9.53 Å². The third kappa shape index (κ3) is 5.10. The fourth-order valence-corrected chi connectivity index (χ4v) is 2.11. The Labute approximate surface area is 144 Å². The highest BCUT2D eigenvalue weighted by Crippen LogP contribution is 2.48. The fourth-order valence-electron chi connectivity index (χ4n) is 0.755. The molecular weight excluding hydrogens is 405 g/mol. The molecule has 0 fully saturated rings. The largest absolute Gasteiger partial charge is 0.432 e. The van der Waals surface area contributed by atoms with Crippen molar-refractivity contribution in [2.24, 2.45) is 0 Å². The van der Waals surface area contributed by atoms with Gasteiger partial charge in [0, 0.05) is 0 Å². The van der Waals surface area contributed by atoms with Crippen molar-refractivity contribution in [1.29, 1.82) is 0 Å². The summed E-state index contributed by atoms with van der Waals surface area (Å²) in [6.07, 6.45) is 0. The second kappa shape index (κ2) is 8.93. The topological polar surface area (TPSA) is 26.3 Å². The van der Waals surface area contributed by atoms with Gasteiger partial charge in [-0.15, -0.1) is 12.6 Å². The quantitative estimate of drug-likeness (QED) is 0.155. The van der Waals surface area contributed by atoms with Gasteiger partial charge in [0.25, 0.3) is 4.51 Å². The summed E-state index contributed by atoms with van der Waals surface area (Å²) in [7, 11) is 0. The molecule has 0 saturated heterocycles.